The van der Waals surface area contributed by atoms with Gasteiger partial charge in [0.15, 0.2) is 0 Å². The second-order valence-corrected chi connectivity index (χ2v) is 7.74. The van der Waals surface area contributed by atoms with Crippen LogP contribution in [-0.2, 0) is 17.1 Å². The summed E-state index contributed by atoms with van der Waals surface area (Å²) in [6, 6.07) is 12.1. The maximum atomic E-state index is 11.8. The fourth-order valence-electron chi connectivity index (χ4n) is 3.11. The van der Waals surface area contributed by atoms with Crippen molar-refractivity contribution in [2.24, 2.45) is 0 Å². The number of carbonyl (C=O) groups excluding carboxylic acids is 1. The number of thioether (sulfide) groups is 1. The summed E-state index contributed by atoms with van der Waals surface area (Å²) in [6.07, 6.45) is 5.07. The smallest absolute Gasteiger partial charge is 0.230 e. The van der Waals surface area contributed by atoms with E-state index in [0.29, 0.717) is 18.9 Å². The molecular weight excluding hydrogens is 360 g/mol. The minimum absolute atomic E-state index is 0.0548. The Morgan fingerprint density at radius 2 is 2.11 bits per heavy atom. The summed E-state index contributed by atoms with van der Waals surface area (Å²) >= 11 is 1.55. The van der Waals surface area contributed by atoms with Gasteiger partial charge in [0.05, 0.1) is 24.4 Å². The lowest BCUT2D eigenvalue weighted by Gasteiger charge is -2.15. The zero-order valence-electron chi connectivity index (χ0n) is 15.7. The van der Waals surface area contributed by atoms with Gasteiger partial charge in [0, 0.05) is 13.1 Å². The summed E-state index contributed by atoms with van der Waals surface area (Å²) in [5, 5.41) is 2.93. The molecule has 146 valence electrons. The molecule has 0 spiro atoms. The summed E-state index contributed by atoms with van der Waals surface area (Å²) < 4.78 is 11.1. The third-order valence-corrected chi connectivity index (χ3v) is 5.43. The van der Waals surface area contributed by atoms with E-state index >= 15 is 0 Å². The molecule has 1 saturated heterocycles. The molecule has 5 nitrogen and oxygen atoms in total. The van der Waals surface area contributed by atoms with Gasteiger partial charge in [-0.3, -0.25) is 9.69 Å². The van der Waals surface area contributed by atoms with Crippen LogP contribution in [0.1, 0.15) is 30.6 Å². The van der Waals surface area contributed by atoms with Crippen LogP contribution in [0, 0.1) is 0 Å². The van der Waals surface area contributed by atoms with Crippen LogP contribution in [0.5, 0.6) is 5.75 Å². The molecule has 3 rings (SSSR count). The number of hydrogen-bond donors (Lipinski definition) is 1. The number of nitrogens with zero attached hydrogens (tertiary/aromatic N) is 1. The zero-order valence-corrected chi connectivity index (χ0v) is 16.5. The number of benzene rings is 1. The quantitative estimate of drug-likeness (QED) is 0.595. The first kappa shape index (κ1) is 19.8. The predicted molar refractivity (Wildman–Crippen MR) is 109 cm³/mol. The van der Waals surface area contributed by atoms with E-state index in [1.54, 1.807) is 18.0 Å². The van der Waals surface area contributed by atoms with E-state index in [4.69, 9.17) is 9.15 Å². The van der Waals surface area contributed by atoms with Crippen LogP contribution in [0.25, 0.3) is 0 Å². The molecule has 1 fully saturated rings. The maximum Gasteiger partial charge on any atom is 0.230 e. The number of hydrogen-bond acceptors (Lipinski definition) is 5. The lowest BCUT2D eigenvalue weighted by Crippen LogP contribution is -2.27. The first-order valence-electron chi connectivity index (χ1n) is 9.60. The molecule has 1 N–H and O–H groups in total. The van der Waals surface area contributed by atoms with Gasteiger partial charge in [0.1, 0.15) is 11.5 Å². The van der Waals surface area contributed by atoms with Crippen molar-refractivity contribution in [2.75, 3.05) is 32.0 Å². The Morgan fingerprint density at radius 1 is 1.22 bits per heavy atom. The number of amides is 1. The average Bonchev–Trinajstić information content (AvgIpc) is 3.36. The Balaban J connectivity index is 1.25. The molecule has 0 unspecified atom stereocenters. The second kappa shape index (κ2) is 11.0. The highest BCUT2D eigenvalue weighted by Gasteiger charge is 2.11. The standard InChI is InChI=1S/C21H28N2O3S/c24-21(17-27-16-20-8-4-12-26-20)22-9-5-13-25-19-7-3-6-18(14-19)15-23-10-1-2-11-23/h3-4,6-8,12,14H,1-2,5,9-11,13,15-17H2,(H,22,24). The van der Waals surface area contributed by atoms with E-state index < -0.39 is 0 Å². The molecule has 0 atom stereocenters. The lowest BCUT2D eigenvalue weighted by molar-refractivity contribution is -0.118. The molecule has 1 aromatic carbocycles. The third-order valence-electron chi connectivity index (χ3n) is 4.47. The number of ether oxygens (including phenoxy) is 1. The van der Waals surface area contributed by atoms with E-state index in [-0.39, 0.29) is 5.91 Å². The Hall–Kier alpha value is -1.92. The van der Waals surface area contributed by atoms with E-state index in [1.165, 1.54) is 31.5 Å². The van der Waals surface area contributed by atoms with Gasteiger partial charge in [-0.15, -0.1) is 11.8 Å². The number of furan rings is 1. The van der Waals surface area contributed by atoms with Gasteiger partial charge in [-0.25, -0.2) is 0 Å². The number of likely N-dealkylation sites (tertiary alicyclic amines) is 1. The maximum absolute atomic E-state index is 11.8. The van der Waals surface area contributed by atoms with E-state index in [1.807, 2.05) is 18.2 Å². The van der Waals surface area contributed by atoms with Gasteiger partial charge in [0.2, 0.25) is 5.91 Å². The van der Waals surface area contributed by atoms with Crippen molar-refractivity contribution in [1.82, 2.24) is 10.2 Å². The average molecular weight is 389 g/mol. The summed E-state index contributed by atoms with van der Waals surface area (Å²) in [5.74, 6) is 3.02. The van der Waals surface area contributed by atoms with E-state index in [9.17, 15) is 4.79 Å². The zero-order chi connectivity index (χ0) is 18.7. The molecule has 1 aliphatic heterocycles. The number of rotatable bonds is 11. The van der Waals surface area contributed by atoms with Crippen LogP contribution in [0.3, 0.4) is 0 Å². The van der Waals surface area contributed by atoms with E-state index in [0.717, 1.165) is 30.2 Å². The van der Waals surface area contributed by atoms with Crippen molar-refractivity contribution in [3.63, 3.8) is 0 Å². The normalized spacial score (nSPS) is 14.4. The Morgan fingerprint density at radius 3 is 2.93 bits per heavy atom. The fraction of sp³-hybridized carbons (Fsp3) is 0.476. The van der Waals surface area contributed by atoms with Gasteiger partial charge in [-0.05, 0) is 62.2 Å². The van der Waals surface area contributed by atoms with Crippen LogP contribution in [0.15, 0.2) is 47.1 Å². The van der Waals surface area contributed by atoms with Crippen molar-refractivity contribution < 1.29 is 13.9 Å². The Bertz CT molecular complexity index is 684. The van der Waals surface area contributed by atoms with Crippen LogP contribution in [-0.4, -0.2) is 42.8 Å². The van der Waals surface area contributed by atoms with Gasteiger partial charge in [0.25, 0.3) is 0 Å². The van der Waals surface area contributed by atoms with Crippen molar-refractivity contribution in [3.8, 4) is 5.75 Å². The highest BCUT2D eigenvalue weighted by Crippen LogP contribution is 2.17. The highest BCUT2D eigenvalue weighted by molar-refractivity contribution is 7.99. The SMILES string of the molecule is O=C(CSCc1ccco1)NCCCOc1cccc(CN2CCCC2)c1. The summed E-state index contributed by atoms with van der Waals surface area (Å²) in [7, 11) is 0. The van der Waals surface area contributed by atoms with Crippen molar-refractivity contribution >= 4 is 17.7 Å². The molecule has 27 heavy (non-hydrogen) atoms. The summed E-state index contributed by atoms with van der Waals surface area (Å²) in [4.78, 5) is 14.3. The Kier molecular flexibility index (Phi) is 8.11. The molecule has 0 bridgehead atoms. The summed E-state index contributed by atoms with van der Waals surface area (Å²) in [5.41, 5.74) is 1.30. The van der Waals surface area contributed by atoms with Crippen molar-refractivity contribution in [1.29, 1.82) is 0 Å². The Labute approximate surface area is 165 Å². The second-order valence-electron chi connectivity index (χ2n) is 6.75. The van der Waals surface area contributed by atoms with Gasteiger partial charge in [-0.1, -0.05) is 12.1 Å². The molecule has 0 radical (unpaired) electrons. The third kappa shape index (κ3) is 7.31. The van der Waals surface area contributed by atoms with Crippen molar-refractivity contribution in [3.05, 3.63) is 54.0 Å². The molecule has 2 aromatic rings. The first-order chi connectivity index (χ1) is 13.3. The molecule has 0 aliphatic carbocycles. The fourth-order valence-corrected chi connectivity index (χ4v) is 3.87. The van der Waals surface area contributed by atoms with E-state index in [2.05, 4.69) is 28.4 Å². The number of nitrogens with one attached hydrogen (secondary N) is 1. The predicted octanol–water partition coefficient (Wildman–Crippen LogP) is 3.69. The van der Waals surface area contributed by atoms with Gasteiger partial charge < -0.3 is 14.5 Å². The lowest BCUT2D eigenvalue weighted by atomic mass is 10.2. The van der Waals surface area contributed by atoms with Crippen LogP contribution < -0.4 is 10.1 Å². The minimum atomic E-state index is 0.0548. The van der Waals surface area contributed by atoms with Gasteiger partial charge >= 0.3 is 0 Å². The molecule has 2 heterocycles. The summed E-state index contributed by atoms with van der Waals surface area (Å²) in [6.45, 7) is 4.64. The molecule has 1 amide bonds. The minimum Gasteiger partial charge on any atom is -0.494 e. The van der Waals surface area contributed by atoms with Crippen molar-refractivity contribution in [2.45, 2.75) is 31.6 Å². The largest absolute Gasteiger partial charge is 0.494 e. The molecule has 1 aromatic heterocycles. The highest BCUT2D eigenvalue weighted by atomic mass is 32.2. The molecular formula is C21H28N2O3S. The molecule has 0 saturated carbocycles. The number of carbonyl (C=O) groups is 1. The van der Waals surface area contributed by atoms with Crippen LogP contribution in [0.4, 0.5) is 0 Å². The topological polar surface area (TPSA) is 54.7 Å². The van der Waals surface area contributed by atoms with Gasteiger partial charge in [-0.2, -0.15) is 0 Å². The molecule has 6 heteroatoms. The van der Waals surface area contributed by atoms with Crippen LogP contribution >= 0.6 is 11.8 Å². The molecule has 1 aliphatic rings. The van der Waals surface area contributed by atoms with Crippen LogP contribution in [0.2, 0.25) is 0 Å². The first-order valence-corrected chi connectivity index (χ1v) is 10.8. The monoisotopic (exact) mass is 388 g/mol.